The van der Waals surface area contributed by atoms with E-state index < -0.39 is 118 Å². The van der Waals surface area contributed by atoms with Gasteiger partial charge >= 0.3 is 23.6 Å². The molecule has 4 fully saturated rings. The van der Waals surface area contributed by atoms with Crippen LogP contribution in [0.15, 0.2) is 85.0 Å². The number of alkyl carbamates (subject to hydrolysis) is 2. The molecule has 12 amide bonds. The van der Waals surface area contributed by atoms with Crippen molar-refractivity contribution in [1.29, 1.82) is 0 Å². The number of aliphatic hydroxyl groups excluding tert-OH is 1. The third-order valence-electron chi connectivity index (χ3n) is 17.6. The average Bonchev–Trinajstić information content (AvgIpc) is 1.59. The van der Waals surface area contributed by atoms with Gasteiger partial charge < -0.3 is 81.5 Å². The second-order valence-electron chi connectivity index (χ2n) is 28.8. The number of halogens is 1. The molecular formula is C72H105ClN12O16. The van der Waals surface area contributed by atoms with E-state index in [-0.39, 0.29) is 75.5 Å². The van der Waals surface area contributed by atoms with Crippen LogP contribution in [0.4, 0.5) is 19.2 Å². The van der Waals surface area contributed by atoms with Crippen LogP contribution >= 0.6 is 11.6 Å². The number of ether oxygens (including phenoxy) is 3. The summed E-state index contributed by atoms with van der Waals surface area (Å²) in [5, 5.41) is 32.6. The first-order valence-electron chi connectivity index (χ1n) is 34.9. The predicted octanol–water partition coefficient (Wildman–Crippen LogP) is 5.73. The third-order valence-corrected chi connectivity index (χ3v) is 18.0. The van der Waals surface area contributed by atoms with Crippen LogP contribution in [-0.4, -0.2) is 209 Å². The molecule has 2 aliphatic carbocycles. The number of amides is 12. The number of carbonyl (C=O) groups is 12. The van der Waals surface area contributed by atoms with Gasteiger partial charge in [-0.1, -0.05) is 111 Å². The molecule has 28 nitrogen and oxygen atoms in total. The highest BCUT2D eigenvalue weighted by Crippen LogP contribution is 2.47. The zero-order chi connectivity index (χ0) is 74.2. The molecule has 4 aliphatic heterocycles. The van der Waals surface area contributed by atoms with Crippen LogP contribution in [0.1, 0.15) is 155 Å². The first kappa shape index (κ1) is 81.2. The Labute approximate surface area is 597 Å². The van der Waals surface area contributed by atoms with Gasteiger partial charge in [-0.2, -0.15) is 0 Å². The highest BCUT2D eigenvalue weighted by Gasteiger charge is 2.62. The number of rotatable bonds is 15. The molecular weight excluding hydrogens is 1320 g/mol. The van der Waals surface area contributed by atoms with Gasteiger partial charge in [-0.25, -0.2) is 14.4 Å². The molecule has 10 atom stereocenters. The highest BCUT2D eigenvalue weighted by atomic mass is 35.5. The van der Waals surface area contributed by atoms with Gasteiger partial charge in [0.25, 0.3) is 0 Å². The first-order chi connectivity index (χ1) is 47.7. The number of benzene rings is 2. The Morgan fingerprint density at radius 3 is 1.38 bits per heavy atom. The summed E-state index contributed by atoms with van der Waals surface area (Å²) in [5.41, 5.74) is -2.11. The predicted molar refractivity (Wildman–Crippen MR) is 376 cm³/mol. The van der Waals surface area contributed by atoms with E-state index >= 15 is 0 Å². The van der Waals surface area contributed by atoms with Crippen LogP contribution in [0.25, 0.3) is 0 Å². The molecule has 4 heterocycles. The normalized spacial score (nSPS) is 25.8. The van der Waals surface area contributed by atoms with E-state index in [2.05, 4.69) is 42.5 Å². The van der Waals surface area contributed by atoms with Crippen LogP contribution in [0, 0.1) is 11.8 Å². The molecule has 0 spiro atoms. The molecule has 29 heteroatoms. The Morgan fingerprint density at radius 2 is 0.980 bits per heavy atom. The van der Waals surface area contributed by atoms with Crippen molar-refractivity contribution in [2.45, 2.75) is 216 Å². The van der Waals surface area contributed by atoms with E-state index in [0.717, 1.165) is 49.7 Å². The van der Waals surface area contributed by atoms with E-state index in [1.807, 2.05) is 85.0 Å². The van der Waals surface area contributed by atoms with Crippen LogP contribution in [0.2, 0.25) is 0 Å². The average molecular weight is 1430 g/mol. The van der Waals surface area contributed by atoms with Gasteiger partial charge in [0.05, 0.1) is 12.6 Å². The Morgan fingerprint density at radius 1 is 0.574 bits per heavy atom. The van der Waals surface area contributed by atoms with Crippen molar-refractivity contribution in [1.82, 2.24) is 62.1 Å². The molecule has 0 bridgehead atoms. The minimum absolute atomic E-state index is 0.0100. The number of carbonyl (C=O) groups excluding carboxylic acids is 12. The van der Waals surface area contributed by atoms with Gasteiger partial charge in [0.1, 0.15) is 52.6 Å². The maximum absolute atomic E-state index is 14.1. The van der Waals surface area contributed by atoms with Crippen molar-refractivity contribution in [2.24, 2.45) is 11.8 Å². The number of nitrogens with zero attached hydrogens (tertiary/aromatic N) is 4. The zero-order valence-corrected chi connectivity index (χ0v) is 60.8. The molecule has 8 rings (SSSR count). The maximum atomic E-state index is 14.1. The smallest absolute Gasteiger partial charge is 0.409 e. The molecule has 556 valence electrons. The van der Waals surface area contributed by atoms with Crippen molar-refractivity contribution in [3.05, 3.63) is 96.1 Å². The summed E-state index contributed by atoms with van der Waals surface area (Å²) in [6.07, 6.45) is 11.7. The molecule has 2 saturated carbocycles. The fraction of sp³-hybridized carbons (Fsp3) is 0.611. The lowest BCUT2D eigenvalue weighted by atomic mass is 10.0. The lowest BCUT2D eigenvalue weighted by Gasteiger charge is -2.30. The quantitative estimate of drug-likeness (QED) is 0.0445. The monoisotopic (exact) mass is 1430 g/mol. The summed E-state index contributed by atoms with van der Waals surface area (Å²) in [6.45, 7) is 11.2. The maximum Gasteiger partial charge on any atom is 0.409 e. The minimum Gasteiger partial charge on any atom is -0.444 e. The van der Waals surface area contributed by atoms with E-state index in [1.165, 1.54) is 33.7 Å². The summed E-state index contributed by atoms with van der Waals surface area (Å²) >= 11 is 4.90. The minimum atomic E-state index is -1.27. The van der Waals surface area contributed by atoms with Crippen LogP contribution in [0.3, 0.4) is 0 Å². The number of nitrogens with one attached hydrogen (secondary N) is 8. The van der Waals surface area contributed by atoms with E-state index in [1.54, 1.807) is 55.6 Å². The van der Waals surface area contributed by atoms with Crippen LogP contribution in [-0.2, 0) is 65.7 Å². The molecule has 0 aromatic heterocycles. The Hall–Kier alpha value is -8.79. The summed E-state index contributed by atoms with van der Waals surface area (Å²) in [7, 11) is 6.25. The van der Waals surface area contributed by atoms with Gasteiger partial charge in [-0.15, -0.1) is 0 Å². The van der Waals surface area contributed by atoms with Crippen molar-refractivity contribution < 1.29 is 76.9 Å². The van der Waals surface area contributed by atoms with Gasteiger partial charge in [-0.3, -0.25) is 43.2 Å². The summed E-state index contributed by atoms with van der Waals surface area (Å²) in [5.74, 6) is -3.86. The molecule has 101 heavy (non-hydrogen) atoms. The van der Waals surface area contributed by atoms with Crippen LogP contribution < -0.4 is 42.5 Å². The van der Waals surface area contributed by atoms with Crippen LogP contribution in [0.5, 0.6) is 0 Å². The Bertz CT molecular complexity index is 3270. The third kappa shape index (κ3) is 26.0. The second kappa shape index (κ2) is 37.8. The Balaban J connectivity index is 0.000000295. The SMILES string of the molecule is CC(C)(C)OC(=O)N[C@H]1CCCCC/C=C\[C@@H]2C[C@@]2(C(=O)NCCC(=O)NCc2ccccc2)NC(=O)[C@@H]2C[C@@H](O)CN2C1=O.CN(C)C(=O)Cl.CN(C)C(=O)O[C@@H]1C[C@H]2C(=O)N[C@]3(C(=O)NCCC(=O)NCc4ccccc4)C[C@H]3/C=C\CCCCC[C@H](NC(=O)OC(C)(C)C)C(=O)N2C1. The summed E-state index contributed by atoms with van der Waals surface area (Å²) in [6, 6.07) is 15.0. The number of hydrogen-bond acceptors (Lipinski definition) is 16. The fourth-order valence-electron chi connectivity index (χ4n) is 12.1. The summed E-state index contributed by atoms with van der Waals surface area (Å²) < 4.78 is 16.4. The number of allylic oxidation sites excluding steroid dienone is 2. The topological polar surface area (TPSA) is 362 Å². The fourth-order valence-corrected chi connectivity index (χ4v) is 12.1. The van der Waals surface area contributed by atoms with Gasteiger partial charge in [0, 0.05) is 98.4 Å². The molecule has 2 saturated heterocycles. The van der Waals surface area contributed by atoms with Gasteiger partial charge in [-0.05, 0) is 116 Å². The number of aliphatic hydroxyl groups is 1. The molecule has 2 aromatic carbocycles. The van der Waals surface area contributed by atoms with Crippen molar-refractivity contribution >= 4 is 82.5 Å². The number of fused-ring (bicyclic) bond motifs is 4. The van der Waals surface area contributed by atoms with E-state index in [9.17, 15) is 62.6 Å². The van der Waals surface area contributed by atoms with E-state index in [4.69, 9.17) is 25.8 Å². The van der Waals surface area contributed by atoms with Crippen molar-refractivity contribution in [2.75, 3.05) is 54.4 Å². The van der Waals surface area contributed by atoms with Crippen molar-refractivity contribution in [3.8, 4) is 0 Å². The molecule has 2 aromatic rings. The Kier molecular flexibility index (Phi) is 30.3. The molecule has 6 aliphatic rings. The lowest BCUT2D eigenvalue weighted by Crippen LogP contribution is -2.58. The number of hydrogen-bond donors (Lipinski definition) is 9. The second-order valence-corrected chi connectivity index (χ2v) is 29.1. The standard InChI is InChI=1S/C36H52N6O8.C33H47N5O7.C3H6ClNO/c1-35(2,3)50-33(47)39-27-17-13-8-6-7-12-16-25-21-36(25,32(46)37-19-18-29(43)38-22-24-14-10-9-11-15-24)40-30(44)28-20-26(23-42(28)31(27)45)49-34(48)41(4)5;1-32(2,3)45-31(44)36-25-15-11-6-4-5-10-14-23-19-33(23,37-28(41)26-18-24(39)21-38(26)29(25)42)30(43)34-17-16-27(40)35-20-22-12-8-7-9-13-22;1-5(2)3(4)6/h9-12,14-16,25-28H,6-8,13,17-23H2,1-5H3,(H,37,46)(H,38,43)(H,39,47)(H,40,44);7-10,12-14,23-26,39H,4-6,11,15-21H2,1-3H3,(H,34,43)(H,35,40)(H,36,44)(H,37,41);1-2H3/b16-12-;14-10-;/t25-,26-,27+,28+,36-;23-,24-,25+,26+,33-;/m11./s1. The van der Waals surface area contributed by atoms with Gasteiger partial charge in [0.2, 0.25) is 47.3 Å². The molecule has 0 unspecified atom stereocenters. The molecule has 0 radical (unpaired) electrons. The van der Waals surface area contributed by atoms with E-state index in [0.29, 0.717) is 51.6 Å². The lowest BCUT2D eigenvalue weighted by molar-refractivity contribution is -0.141. The van der Waals surface area contributed by atoms with Gasteiger partial charge in [0.15, 0.2) is 0 Å². The highest BCUT2D eigenvalue weighted by molar-refractivity contribution is 6.62. The first-order valence-corrected chi connectivity index (χ1v) is 35.3. The van der Waals surface area contributed by atoms with Crippen molar-refractivity contribution in [3.63, 3.8) is 0 Å². The largest absolute Gasteiger partial charge is 0.444 e. The molecule has 9 N–H and O–H groups in total. The zero-order valence-electron chi connectivity index (χ0n) is 60.0. The summed E-state index contributed by atoms with van der Waals surface area (Å²) in [4.78, 5) is 161.